The molecule has 0 amide bonds. The van der Waals surface area contributed by atoms with Crippen LogP contribution in [0.3, 0.4) is 0 Å². The molecule has 0 fully saturated rings. The van der Waals surface area contributed by atoms with Crippen LogP contribution in [0.5, 0.6) is 0 Å². The fourth-order valence-electron chi connectivity index (χ4n) is 13.0. The minimum atomic E-state index is 1.22. The Kier molecular flexibility index (Phi) is 8.26. The smallest absolute Gasteiger partial charge is 0.00139 e. The van der Waals surface area contributed by atoms with Gasteiger partial charge in [0.25, 0.3) is 0 Å². The Morgan fingerprint density at radius 1 is 0.153 bits per heavy atom. The highest BCUT2D eigenvalue weighted by molar-refractivity contribution is 6.33. The lowest BCUT2D eigenvalue weighted by Gasteiger charge is -2.21. The summed E-state index contributed by atoms with van der Waals surface area (Å²) < 4.78 is 0. The summed E-state index contributed by atoms with van der Waals surface area (Å²) in [6, 6.07) is 96.0. The average molecular weight is 907 g/mol. The molecular weight excluding hydrogens is 865 g/mol. The Hall–Kier alpha value is -9.36. The molecular formula is C72H42. The summed E-state index contributed by atoms with van der Waals surface area (Å²) in [5.74, 6) is 0. The summed E-state index contributed by atoms with van der Waals surface area (Å²) in [5.41, 5.74) is 10.1. The van der Waals surface area contributed by atoms with Crippen LogP contribution in [0.2, 0.25) is 0 Å². The summed E-state index contributed by atoms with van der Waals surface area (Å²) in [6.07, 6.45) is 0. The molecule has 0 saturated heterocycles. The van der Waals surface area contributed by atoms with E-state index in [1.807, 2.05) is 0 Å². The highest BCUT2D eigenvalue weighted by Crippen LogP contribution is 2.51. The molecule has 16 rings (SSSR count). The van der Waals surface area contributed by atoms with Crippen LogP contribution in [0, 0.1) is 0 Å². The molecule has 0 heterocycles. The van der Waals surface area contributed by atoms with Gasteiger partial charge in [0.15, 0.2) is 0 Å². The lowest BCUT2D eigenvalue weighted by Crippen LogP contribution is -1.94. The quantitative estimate of drug-likeness (QED) is 0.122. The summed E-state index contributed by atoms with van der Waals surface area (Å²) >= 11 is 0. The van der Waals surface area contributed by atoms with Crippen molar-refractivity contribution >= 4 is 118 Å². The fraction of sp³-hybridized carbons (Fsp3) is 0. The average Bonchev–Trinajstić information content (AvgIpc) is 3.44. The van der Waals surface area contributed by atoms with Crippen molar-refractivity contribution in [2.75, 3.05) is 0 Å². The largest absolute Gasteiger partial charge is 0.0616 e. The van der Waals surface area contributed by atoms with Gasteiger partial charge in [0.05, 0.1) is 0 Å². The lowest BCUT2D eigenvalue weighted by atomic mass is 9.81. The van der Waals surface area contributed by atoms with Crippen LogP contribution in [0.15, 0.2) is 255 Å². The third-order valence-corrected chi connectivity index (χ3v) is 16.1. The minimum absolute atomic E-state index is 1.22. The van der Waals surface area contributed by atoms with Crippen molar-refractivity contribution < 1.29 is 0 Å². The standard InChI is InChI=1S/C72H42/c1-2-15-49-40-54(29-24-43(49)12-1)69-59-22-9-7-20-57(59)66(63-38-32-44-13-3-5-18-55(44)70(63)69)52-30-27-51-42-53(31-28-50(51)41-52)67-58-21-8-10-23-60(58)72(71-56-19-6-4-14-45(56)33-39-64(67)71)62-37-35-48-26-25-46-16-11-17-47-34-36-61(62)68(48)65(46)47/h1-42H. The van der Waals surface area contributed by atoms with E-state index in [4.69, 9.17) is 0 Å². The van der Waals surface area contributed by atoms with Gasteiger partial charge in [-0.3, -0.25) is 0 Å². The van der Waals surface area contributed by atoms with Crippen molar-refractivity contribution in [1.29, 1.82) is 0 Å². The van der Waals surface area contributed by atoms with Crippen molar-refractivity contribution in [1.82, 2.24) is 0 Å². The van der Waals surface area contributed by atoms with Crippen LogP contribution < -0.4 is 0 Å². The molecule has 72 heavy (non-hydrogen) atoms. The van der Waals surface area contributed by atoms with Gasteiger partial charge in [0.1, 0.15) is 0 Å². The third-order valence-electron chi connectivity index (χ3n) is 16.1. The number of hydrogen-bond donors (Lipinski definition) is 0. The topological polar surface area (TPSA) is 0 Å². The van der Waals surface area contributed by atoms with Crippen LogP contribution in [0.25, 0.3) is 163 Å². The fourth-order valence-corrected chi connectivity index (χ4v) is 13.0. The van der Waals surface area contributed by atoms with Crippen LogP contribution in [-0.4, -0.2) is 0 Å². The predicted molar refractivity (Wildman–Crippen MR) is 312 cm³/mol. The Bertz CT molecular complexity index is 4960. The Balaban J connectivity index is 0.926. The Labute approximate surface area is 415 Å². The van der Waals surface area contributed by atoms with Gasteiger partial charge in [-0.2, -0.15) is 0 Å². The third kappa shape index (κ3) is 5.64. The van der Waals surface area contributed by atoms with Gasteiger partial charge in [0.2, 0.25) is 0 Å². The molecule has 0 spiro atoms. The highest BCUT2D eigenvalue weighted by atomic mass is 14.3. The van der Waals surface area contributed by atoms with Gasteiger partial charge < -0.3 is 0 Å². The summed E-state index contributed by atoms with van der Waals surface area (Å²) in [6.45, 7) is 0. The molecule has 0 aliphatic rings. The second-order valence-electron chi connectivity index (χ2n) is 19.8. The zero-order chi connectivity index (χ0) is 47.0. The van der Waals surface area contributed by atoms with Crippen LogP contribution in [0.4, 0.5) is 0 Å². The molecule has 0 unspecified atom stereocenters. The van der Waals surface area contributed by atoms with Crippen molar-refractivity contribution in [3.05, 3.63) is 255 Å². The number of rotatable bonds is 4. The van der Waals surface area contributed by atoms with E-state index in [1.165, 1.54) is 163 Å². The van der Waals surface area contributed by atoms with Gasteiger partial charge in [-0.1, -0.05) is 237 Å². The molecule has 0 bridgehead atoms. The van der Waals surface area contributed by atoms with Crippen molar-refractivity contribution in [2.45, 2.75) is 0 Å². The zero-order valence-corrected chi connectivity index (χ0v) is 39.2. The van der Waals surface area contributed by atoms with E-state index in [0.717, 1.165) is 0 Å². The molecule has 16 aromatic carbocycles. The molecule has 0 heteroatoms. The number of fused-ring (bicyclic) bond motifs is 10. The maximum atomic E-state index is 2.43. The van der Waals surface area contributed by atoms with E-state index in [1.54, 1.807) is 0 Å². The first kappa shape index (κ1) is 39.5. The SMILES string of the molecule is c1ccc2cc(-c3c4ccccc4c(-c4ccc5cc(-c6c7ccccc7c(-c7ccc8ccc9cccc%10ccc7c8c9%10)c7c6ccc6ccccc67)ccc5c4)c4ccc5ccccc5c34)ccc2c1. The predicted octanol–water partition coefficient (Wildman–Crippen LogP) is 20.5. The Morgan fingerprint density at radius 3 is 1.08 bits per heavy atom. The van der Waals surface area contributed by atoms with Gasteiger partial charge in [-0.05, 0) is 181 Å². The van der Waals surface area contributed by atoms with E-state index < -0.39 is 0 Å². The van der Waals surface area contributed by atoms with Crippen LogP contribution in [0.1, 0.15) is 0 Å². The molecule has 0 saturated carbocycles. The maximum absolute atomic E-state index is 2.43. The summed E-state index contributed by atoms with van der Waals surface area (Å²) in [4.78, 5) is 0. The first-order valence-corrected chi connectivity index (χ1v) is 25.1. The van der Waals surface area contributed by atoms with Gasteiger partial charge >= 0.3 is 0 Å². The van der Waals surface area contributed by atoms with E-state index in [-0.39, 0.29) is 0 Å². The highest BCUT2D eigenvalue weighted by Gasteiger charge is 2.23. The second kappa shape index (κ2) is 15.1. The van der Waals surface area contributed by atoms with E-state index in [2.05, 4.69) is 255 Å². The molecule has 16 aromatic rings. The van der Waals surface area contributed by atoms with Crippen molar-refractivity contribution in [3.63, 3.8) is 0 Å². The molecule has 0 aliphatic carbocycles. The molecule has 0 aliphatic heterocycles. The normalized spacial score (nSPS) is 12.2. The molecule has 0 atom stereocenters. The lowest BCUT2D eigenvalue weighted by molar-refractivity contribution is 1.68. The maximum Gasteiger partial charge on any atom is -0.00139 e. The van der Waals surface area contributed by atoms with Gasteiger partial charge in [-0.25, -0.2) is 0 Å². The zero-order valence-electron chi connectivity index (χ0n) is 39.2. The molecule has 0 aromatic heterocycles. The molecule has 0 N–H and O–H groups in total. The van der Waals surface area contributed by atoms with E-state index in [9.17, 15) is 0 Å². The van der Waals surface area contributed by atoms with Crippen LogP contribution >= 0.6 is 0 Å². The van der Waals surface area contributed by atoms with Gasteiger partial charge in [0, 0.05) is 0 Å². The first-order chi connectivity index (χ1) is 35.7. The van der Waals surface area contributed by atoms with Crippen molar-refractivity contribution in [3.8, 4) is 44.5 Å². The minimum Gasteiger partial charge on any atom is -0.0616 e. The Morgan fingerprint density at radius 2 is 0.500 bits per heavy atom. The van der Waals surface area contributed by atoms with E-state index in [0.29, 0.717) is 0 Å². The molecule has 0 radical (unpaired) electrons. The van der Waals surface area contributed by atoms with Gasteiger partial charge in [-0.15, -0.1) is 0 Å². The summed E-state index contributed by atoms with van der Waals surface area (Å²) in [5, 5.41) is 28.0. The number of hydrogen-bond acceptors (Lipinski definition) is 0. The first-order valence-electron chi connectivity index (χ1n) is 25.1. The summed E-state index contributed by atoms with van der Waals surface area (Å²) in [7, 11) is 0. The number of benzene rings is 16. The monoisotopic (exact) mass is 906 g/mol. The van der Waals surface area contributed by atoms with Crippen molar-refractivity contribution in [2.24, 2.45) is 0 Å². The molecule has 0 nitrogen and oxygen atoms in total. The van der Waals surface area contributed by atoms with E-state index >= 15 is 0 Å². The van der Waals surface area contributed by atoms with Crippen LogP contribution in [-0.2, 0) is 0 Å². The molecule has 330 valence electrons. The second-order valence-corrected chi connectivity index (χ2v) is 19.8.